The summed E-state index contributed by atoms with van der Waals surface area (Å²) in [4.78, 5) is 18.1. The van der Waals surface area contributed by atoms with Crippen molar-refractivity contribution in [2.45, 2.75) is 19.4 Å². The van der Waals surface area contributed by atoms with Gasteiger partial charge >= 0.3 is 0 Å². The van der Waals surface area contributed by atoms with Crippen molar-refractivity contribution in [3.63, 3.8) is 0 Å². The molecule has 96 valence electrons. The van der Waals surface area contributed by atoms with Gasteiger partial charge in [-0.05, 0) is 12.5 Å². The molecule has 0 unspecified atom stereocenters. The first-order chi connectivity index (χ1) is 8.71. The van der Waals surface area contributed by atoms with Crippen molar-refractivity contribution < 1.29 is 9.63 Å². The Labute approximate surface area is 107 Å². The highest BCUT2D eigenvalue weighted by atomic mass is 16.7. The second-order valence-corrected chi connectivity index (χ2v) is 5.34. The van der Waals surface area contributed by atoms with Gasteiger partial charge in [-0.2, -0.15) is 0 Å². The molecule has 2 fully saturated rings. The summed E-state index contributed by atoms with van der Waals surface area (Å²) in [5, 5.41) is 4.75. The van der Waals surface area contributed by atoms with Crippen LogP contribution in [0.3, 0.4) is 0 Å². The predicted octanol–water partition coefficient (Wildman–Crippen LogP) is 1.50. The van der Waals surface area contributed by atoms with Crippen LogP contribution in [0.1, 0.15) is 24.9 Å². The lowest BCUT2D eigenvalue weighted by Gasteiger charge is -2.40. The van der Waals surface area contributed by atoms with Crippen molar-refractivity contribution in [1.82, 2.24) is 10.4 Å². The molecule has 0 radical (unpaired) electrons. The molecule has 0 aliphatic carbocycles. The summed E-state index contributed by atoms with van der Waals surface area (Å²) < 4.78 is 0. The number of hydrogen-bond donors (Lipinski definition) is 1. The molecule has 0 aromatic heterocycles. The maximum atomic E-state index is 12.5. The van der Waals surface area contributed by atoms with Crippen LogP contribution in [-0.4, -0.2) is 30.7 Å². The summed E-state index contributed by atoms with van der Waals surface area (Å²) in [5.74, 6) is 0.104. The van der Waals surface area contributed by atoms with E-state index in [1.165, 1.54) is 0 Å². The van der Waals surface area contributed by atoms with Gasteiger partial charge in [-0.15, -0.1) is 0 Å². The number of carbonyl (C=O) groups excluding carboxylic acids is 1. The van der Waals surface area contributed by atoms with Crippen LogP contribution in [0.2, 0.25) is 0 Å². The van der Waals surface area contributed by atoms with E-state index in [9.17, 15) is 4.79 Å². The van der Waals surface area contributed by atoms with Crippen LogP contribution in [0, 0.1) is 5.41 Å². The fraction of sp³-hybridized carbons (Fsp3) is 0.500. The van der Waals surface area contributed by atoms with Crippen molar-refractivity contribution in [3.8, 4) is 0 Å². The van der Waals surface area contributed by atoms with Gasteiger partial charge in [0.05, 0.1) is 18.1 Å². The molecule has 4 heteroatoms. The van der Waals surface area contributed by atoms with Crippen LogP contribution >= 0.6 is 0 Å². The van der Waals surface area contributed by atoms with E-state index in [0.29, 0.717) is 6.61 Å². The Kier molecular flexibility index (Phi) is 2.84. The van der Waals surface area contributed by atoms with Gasteiger partial charge in [0.1, 0.15) is 0 Å². The fourth-order valence-corrected chi connectivity index (χ4v) is 2.56. The van der Waals surface area contributed by atoms with Gasteiger partial charge in [0.25, 0.3) is 5.91 Å². The van der Waals surface area contributed by atoms with Crippen LogP contribution in [0.25, 0.3) is 0 Å². The van der Waals surface area contributed by atoms with E-state index >= 15 is 0 Å². The second-order valence-electron chi connectivity index (χ2n) is 5.34. The molecule has 2 heterocycles. The molecule has 2 saturated heterocycles. The average Bonchev–Trinajstić information content (AvgIpc) is 2.85. The molecule has 4 nitrogen and oxygen atoms in total. The lowest BCUT2D eigenvalue weighted by atomic mass is 9.82. The first-order valence-electron chi connectivity index (χ1n) is 6.43. The lowest BCUT2D eigenvalue weighted by Crippen LogP contribution is -2.60. The van der Waals surface area contributed by atoms with Crippen LogP contribution in [0.15, 0.2) is 30.3 Å². The van der Waals surface area contributed by atoms with Gasteiger partial charge < -0.3 is 5.32 Å². The third kappa shape index (κ3) is 1.82. The highest BCUT2D eigenvalue weighted by Crippen LogP contribution is 2.35. The number of amides is 1. The Bertz CT molecular complexity index is 442. The Morgan fingerprint density at radius 1 is 1.39 bits per heavy atom. The first kappa shape index (κ1) is 11.7. The largest absolute Gasteiger partial charge is 0.315 e. The smallest absolute Gasteiger partial charge is 0.255 e. The van der Waals surface area contributed by atoms with Gasteiger partial charge in [-0.1, -0.05) is 30.3 Å². The summed E-state index contributed by atoms with van der Waals surface area (Å²) in [7, 11) is 0. The summed E-state index contributed by atoms with van der Waals surface area (Å²) in [6, 6.07) is 10.2. The number of hydrogen-bond acceptors (Lipinski definition) is 3. The summed E-state index contributed by atoms with van der Waals surface area (Å²) >= 11 is 0. The van der Waals surface area contributed by atoms with Gasteiger partial charge in [0, 0.05) is 19.5 Å². The first-order valence-corrected chi connectivity index (χ1v) is 6.43. The highest BCUT2D eigenvalue weighted by Gasteiger charge is 2.46. The van der Waals surface area contributed by atoms with E-state index in [2.05, 4.69) is 17.4 Å². The zero-order valence-corrected chi connectivity index (χ0v) is 10.6. The molecule has 1 aromatic carbocycles. The molecule has 0 bridgehead atoms. The number of hydroxylamine groups is 2. The number of nitrogens with zero attached hydrogens (tertiary/aromatic N) is 1. The number of carbonyl (C=O) groups is 1. The van der Waals surface area contributed by atoms with Crippen LogP contribution < -0.4 is 5.32 Å². The van der Waals surface area contributed by atoms with Crippen LogP contribution in [0.5, 0.6) is 0 Å². The molecular formula is C14H18N2O2. The molecule has 1 atom stereocenters. The van der Waals surface area contributed by atoms with E-state index in [1.54, 1.807) is 5.06 Å². The molecule has 3 rings (SSSR count). The van der Waals surface area contributed by atoms with Crippen molar-refractivity contribution in [2.24, 2.45) is 5.41 Å². The standard InChI is InChI=1S/C14H18N2O2/c1-14(9-15-10-14)13(17)16-12(7-8-18-16)11-5-3-2-4-6-11/h2-6,12,15H,7-10H2,1H3/t12-/m0/s1. The molecule has 0 saturated carbocycles. The van der Waals surface area contributed by atoms with Crippen LogP contribution in [-0.2, 0) is 9.63 Å². The van der Waals surface area contributed by atoms with E-state index in [1.807, 2.05) is 25.1 Å². The maximum absolute atomic E-state index is 12.5. The quantitative estimate of drug-likeness (QED) is 0.860. The summed E-state index contributed by atoms with van der Waals surface area (Å²) in [6.07, 6.45) is 0.874. The highest BCUT2D eigenvalue weighted by molar-refractivity contribution is 5.83. The van der Waals surface area contributed by atoms with E-state index < -0.39 is 0 Å². The molecule has 2 aliphatic heterocycles. The van der Waals surface area contributed by atoms with Crippen molar-refractivity contribution in [3.05, 3.63) is 35.9 Å². The minimum Gasteiger partial charge on any atom is -0.315 e. The molecule has 0 spiro atoms. The molecular weight excluding hydrogens is 228 g/mol. The molecule has 1 N–H and O–H groups in total. The van der Waals surface area contributed by atoms with Gasteiger partial charge in [0.15, 0.2) is 0 Å². The van der Waals surface area contributed by atoms with Crippen molar-refractivity contribution in [2.75, 3.05) is 19.7 Å². The van der Waals surface area contributed by atoms with Crippen molar-refractivity contribution in [1.29, 1.82) is 0 Å². The monoisotopic (exact) mass is 246 g/mol. The minimum atomic E-state index is -0.294. The second kappa shape index (κ2) is 4.37. The molecule has 1 aromatic rings. The summed E-state index contributed by atoms with van der Waals surface area (Å²) in [5.41, 5.74) is 0.858. The van der Waals surface area contributed by atoms with Crippen LogP contribution in [0.4, 0.5) is 0 Å². The van der Waals surface area contributed by atoms with Gasteiger partial charge in [-0.3, -0.25) is 9.63 Å². The SMILES string of the molecule is CC1(C(=O)N2OCC[C@H]2c2ccccc2)CNC1. The fourth-order valence-electron chi connectivity index (χ4n) is 2.56. The summed E-state index contributed by atoms with van der Waals surface area (Å²) in [6.45, 7) is 4.10. The van der Waals surface area contributed by atoms with E-state index in [0.717, 1.165) is 25.1 Å². The number of benzene rings is 1. The van der Waals surface area contributed by atoms with E-state index in [4.69, 9.17) is 4.84 Å². The third-order valence-corrected chi connectivity index (χ3v) is 3.84. The number of nitrogens with one attached hydrogen (secondary N) is 1. The molecule has 2 aliphatic rings. The van der Waals surface area contributed by atoms with Gasteiger partial charge in [-0.25, -0.2) is 5.06 Å². The molecule has 1 amide bonds. The molecule has 18 heavy (non-hydrogen) atoms. The average molecular weight is 246 g/mol. The Morgan fingerprint density at radius 3 is 2.72 bits per heavy atom. The third-order valence-electron chi connectivity index (χ3n) is 3.84. The predicted molar refractivity (Wildman–Crippen MR) is 67.6 cm³/mol. The topological polar surface area (TPSA) is 41.6 Å². The minimum absolute atomic E-state index is 0.0659. The Balaban J connectivity index is 1.81. The zero-order valence-electron chi connectivity index (χ0n) is 10.6. The lowest BCUT2D eigenvalue weighted by molar-refractivity contribution is -0.190. The number of rotatable bonds is 2. The Morgan fingerprint density at radius 2 is 2.11 bits per heavy atom. The Hall–Kier alpha value is -1.39. The zero-order chi connectivity index (χ0) is 12.6. The maximum Gasteiger partial charge on any atom is 0.255 e. The van der Waals surface area contributed by atoms with Gasteiger partial charge in [0.2, 0.25) is 0 Å². The normalized spacial score (nSPS) is 25.8. The van der Waals surface area contributed by atoms with Crippen molar-refractivity contribution >= 4 is 5.91 Å². The van der Waals surface area contributed by atoms with E-state index in [-0.39, 0.29) is 17.4 Å².